The standard InChI is InChI=1S/C17H20N5O2P/c1-2-11-9-13-12(16(18)23)10-14(22-5-7-24-8-6-22)20-17(13)25(11)15-3-4-19-21-15/h3-4,9-10H,2,5-8H2,1H3,(H2,18,23)(H,19,21). The van der Waals surface area contributed by atoms with E-state index in [4.69, 9.17) is 15.5 Å². The van der Waals surface area contributed by atoms with Gasteiger partial charge in [0, 0.05) is 24.7 Å². The van der Waals surface area contributed by atoms with Crippen LogP contribution in [0.2, 0.25) is 0 Å². The molecule has 8 heteroatoms. The highest BCUT2D eigenvalue weighted by atomic mass is 31.1. The van der Waals surface area contributed by atoms with E-state index in [1.165, 1.54) is 5.30 Å². The Hall–Kier alpha value is -2.37. The van der Waals surface area contributed by atoms with Gasteiger partial charge in [0.2, 0.25) is 5.91 Å². The van der Waals surface area contributed by atoms with Crippen LogP contribution in [0.4, 0.5) is 5.82 Å². The summed E-state index contributed by atoms with van der Waals surface area (Å²) in [6, 6.07) is 5.89. The molecule has 0 bridgehead atoms. The van der Waals surface area contributed by atoms with Crippen molar-refractivity contribution >= 4 is 29.9 Å². The molecule has 1 unspecified atom stereocenters. The molecule has 3 N–H and O–H groups in total. The van der Waals surface area contributed by atoms with Crippen molar-refractivity contribution in [3.8, 4) is 5.44 Å². The Morgan fingerprint density at radius 1 is 1.40 bits per heavy atom. The molecular formula is C17H20N5O2P. The second-order valence-electron chi connectivity index (χ2n) is 6.00. The van der Waals surface area contributed by atoms with Gasteiger partial charge in [0.05, 0.1) is 29.5 Å². The second kappa shape index (κ2) is 6.50. The lowest BCUT2D eigenvalue weighted by atomic mass is 10.1. The summed E-state index contributed by atoms with van der Waals surface area (Å²) in [6.07, 6.45) is 2.65. The average molecular weight is 357 g/mol. The van der Waals surface area contributed by atoms with Crippen LogP contribution in [0.3, 0.4) is 0 Å². The second-order valence-corrected chi connectivity index (χ2v) is 8.15. The van der Waals surface area contributed by atoms with Gasteiger partial charge >= 0.3 is 0 Å². The number of hydrogen-bond acceptors (Lipinski definition) is 5. The number of fused-ring (bicyclic) bond motifs is 1. The molecule has 7 nitrogen and oxygen atoms in total. The van der Waals surface area contributed by atoms with E-state index in [0.717, 1.165) is 41.4 Å². The Bertz CT molecular complexity index is 913. The summed E-state index contributed by atoms with van der Waals surface area (Å²) < 4.78 is 5.43. The summed E-state index contributed by atoms with van der Waals surface area (Å²) in [4.78, 5) is 19.2. The Kier molecular flexibility index (Phi) is 4.19. The molecule has 4 rings (SSSR count). The molecular weight excluding hydrogens is 337 g/mol. The van der Waals surface area contributed by atoms with Crippen LogP contribution < -0.4 is 10.6 Å². The number of rotatable bonds is 4. The van der Waals surface area contributed by atoms with E-state index >= 15 is 0 Å². The average Bonchev–Trinajstić information content (AvgIpc) is 3.28. The van der Waals surface area contributed by atoms with Gasteiger partial charge in [-0.3, -0.25) is 9.89 Å². The number of aryl methyl sites for hydroxylation is 1. The van der Waals surface area contributed by atoms with E-state index in [1.807, 2.05) is 12.1 Å². The van der Waals surface area contributed by atoms with Gasteiger partial charge in [0.1, 0.15) is 5.82 Å². The van der Waals surface area contributed by atoms with Gasteiger partial charge in [-0.1, -0.05) is 6.92 Å². The topological polar surface area (TPSA) is 97.1 Å². The fraction of sp³-hybridized carbons (Fsp3) is 0.353. The van der Waals surface area contributed by atoms with Crippen molar-refractivity contribution < 1.29 is 9.53 Å². The highest BCUT2D eigenvalue weighted by molar-refractivity contribution is 7.62. The van der Waals surface area contributed by atoms with Crippen LogP contribution in [0, 0.1) is 0 Å². The Balaban J connectivity index is 1.97. The van der Waals surface area contributed by atoms with Gasteiger partial charge in [-0.15, -0.1) is 0 Å². The number of hydrogen-bond donors (Lipinski definition) is 2. The molecule has 1 amide bonds. The lowest BCUT2D eigenvalue weighted by Gasteiger charge is -2.28. The maximum absolute atomic E-state index is 12.1. The molecule has 130 valence electrons. The van der Waals surface area contributed by atoms with Crippen molar-refractivity contribution in [2.24, 2.45) is 5.73 Å². The molecule has 0 aromatic carbocycles. The first-order valence-electron chi connectivity index (χ1n) is 8.36. The van der Waals surface area contributed by atoms with Crippen LogP contribution in [-0.2, 0) is 11.2 Å². The Labute approximate surface area is 146 Å². The largest absolute Gasteiger partial charge is 0.378 e. The first-order chi connectivity index (χ1) is 12.2. The number of ether oxygens (including phenoxy) is 1. The van der Waals surface area contributed by atoms with Gasteiger partial charge in [0.25, 0.3) is 0 Å². The molecule has 1 saturated heterocycles. The van der Waals surface area contributed by atoms with Gasteiger partial charge in [-0.2, -0.15) is 5.10 Å². The number of nitrogens with two attached hydrogens (primary N) is 1. The zero-order valence-corrected chi connectivity index (χ0v) is 14.9. The third-order valence-corrected chi connectivity index (χ3v) is 7.04. The normalized spacial score (nSPS) is 15.7. The Morgan fingerprint density at radius 3 is 2.84 bits per heavy atom. The number of primary amides is 1. The van der Waals surface area contributed by atoms with Gasteiger partial charge in [0.15, 0.2) is 0 Å². The first kappa shape index (κ1) is 16.1. The summed E-state index contributed by atoms with van der Waals surface area (Å²) in [5.74, 6) is 0.384. The molecule has 3 aromatic rings. The van der Waals surface area contributed by atoms with Gasteiger partial charge < -0.3 is 15.4 Å². The summed E-state index contributed by atoms with van der Waals surface area (Å²) >= 11 is 0. The third kappa shape index (κ3) is 2.79. The lowest BCUT2D eigenvalue weighted by Crippen LogP contribution is -2.36. The summed E-state index contributed by atoms with van der Waals surface area (Å²) in [5.41, 5.74) is 7.27. The van der Waals surface area contributed by atoms with Crippen LogP contribution in [0.5, 0.6) is 0 Å². The highest BCUT2D eigenvalue weighted by Gasteiger charge is 2.22. The monoisotopic (exact) mass is 357 g/mol. The van der Waals surface area contributed by atoms with Crippen LogP contribution >= 0.6 is 7.53 Å². The molecule has 3 aromatic heterocycles. The van der Waals surface area contributed by atoms with Crippen LogP contribution in [-0.4, -0.2) is 47.4 Å². The zero-order valence-electron chi connectivity index (χ0n) is 14.0. The SMILES string of the molecule is CCc1cc2c(C(N)=O)cc(N3CCOCC3)nc2p1-c1ccn[nH]1. The number of carbonyl (C=O) groups excluding carboxylic acids is 1. The minimum atomic E-state index is -0.795. The number of aromatic nitrogens is 3. The number of pyridine rings is 1. The quantitative estimate of drug-likeness (QED) is 0.747. The van der Waals surface area contributed by atoms with Crippen LogP contribution in [0.1, 0.15) is 22.6 Å². The molecule has 0 spiro atoms. The van der Waals surface area contributed by atoms with Crippen molar-refractivity contribution in [3.63, 3.8) is 0 Å². The number of anilines is 1. The van der Waals surface area contributed by atoms with E-state index in [1.54, 1.807) is 6.20 Å². The molecule has 0 aliphatic carbocycles. The summed E-state index contributed by atoms with van der Waals surface area (Å²) in [6.45, 7) is 4.98. The van der Waals surface area contributed by atoms with Crippen molar-refractivity contribution in [2.75, 3.05) is 31.2 Å². The molecule has 0 saturated carbocycles. The molecule has 1 aliphatic heterocycles. The van der Waals surface area contributed by atoms with Crippen molar-refractivity contribution in [2.45, 2.75) is 13.3 Å². The van der Waals surface area contributed by atoms with Crippen molar-refractivity contribution in [3.05, 3.63) is 35.3 Å². The smallest absolute Gasteiger partial charge is 0.249 e. The minimum absolute atomic E-state index is 0.415. The van der Waals surface area contributed by atoms with Gasteiger partial charge in [-0.25, -0.2) is 4.98 Å². The molecule has 1 aliphatic rings. The van der Waals surface area contributed by atoms with E-state index in [2.05, 4.69) is 28.1 Å². The predicted octanol–water partition coefficient (Wildman–Crippen LogP) is 2.43. The zero-order chi connectivity index (χ0) is 17.4. The Morgan fingerprint density at radius 2 is 2.20 bits per heavy atom. The molecule has 25 heavy (non-hydrogen) atoms. The van der Waals surface area contributed by atoms with Crippen molar-refractivity contribution in [1.29, 1.82) is 0 Å². The number of aromatic amines is 1. The molecule has 1 fully saturated rings. The number of amides is 1. The maximum atomic E-state index is 12.1. The van der Waals surface area contributed by atoms with E-state index in [-0.39, 0.29) is 0 Å². The number of nitrogens with one attached hydrogen (secondary N) is 1. The summed E-state index contributed by atoms with van der Waals surface area (Å²) in [5, 5.41) is 10.2. The number of H-pyrrole nitrogens is 1. The van der Waals surface area contributed by atoms with E-state index in [9.17, 15) is 4.79 Å². The molecule has 0 radical (unpaired) electrons. The fourth-order valence-corrected chi connectivity index (χ4v) is 5.65. The minimum Gasteiger partial charge on any atom is -0.378 e. The number of carbonyl (C=O) groups is 1. The maximum Gasteiger partial charge on any atom is 0.249 e. The molecule has 4 heterocycles. The fourth-order valence-electron chi connectivity index (χ4n) is 3.27. The third-order valence-electron chi connectivity index (χ3n) is 4.52. The molecule has 1 atom stereocenters. The van der Waals surface area contributed by atoms with Crippen molar-refractivity contribution in [1.82, 2.24) is 15.2 Å². The first-order valence-corrected chi connectivity index (χ1v) is 9.71. The lowest BCUT2D eigenvalue weighted by molar-refractivity contribution is 0.100. The number of nitrogens with zero attached hydrogens (tertiary/aromatic N) is 3. The number of morpholine rings is 1. The van der Waals surface area contributed by atoms with Gasteiger partial charge in [-0.05, 0) is 37.4 Å². The van der Waals surface area contributed by atoms with E-state index in [0.29, 0.717) is 18.8 Å². The predicted molar refractivity (Wildman–Crippen MR) is 98.9 cm³/mol. The van der Waals surface area contributed by atoms with Crippen LogP contribution in [0.25, 0.3) is 16.1 Å². The highest BCUT2D eigenvalue weighted by Crippen LogP contribution is 2.51. The summed E-state index contributed by atoms with van der Waals surface area (Å²) in [7, 11) is -0.795. The van der Waals surface area contributed by atoms with Crippen LogP contribution in [0.15, 0.2) is 24.4 Å². The van der Waals surface area contributed by atoms with E-state index < -0.39 is 13.4 Å².